The molecule has 0 spiro atoms. The summed E-state index contributed by atoms with van der Waals surface area (Å²) >= 11 is 1.79. The largest absolute Gasteiger partial charge is 0.345 e. The van der Waals surface area contributed by atoms with Crippen LogP contribution in [-0.2, 0) is 12.2 Å². The van der Waals surface area contributed by atoms with Gasteiger partial charge in [-0.2, -0.15) is 0 Å². The lowest BCUT2D eigenvalue weighted by atomic mass is 10.2. The number of rotatable bonds is 5. The molecule has 0 radical (unpaired) electrons. The smallest absolute Gasteiger partial charge is 0.116 e. The van der Waals surface area contributed by atoms with Gasteiger partial charge in [0.15, 0.2) is 0 Å². The Labute approximate surface area is 106 Å². The number of benzene rings is 1. The highest BCUT2D eigenvalue weighted by Crippen LogP contribution is 2.21. The van der Waals surface area contributed by atoms with Crippen molar-refractivity contribution in [2.45, 2.75) is 24.0 Å². The molecular formula is C13H17N3S. The minimum Gasteiger partial charge on any atom is -0.345 e. The molecule has 4 heteroatoms. The summed E-state index contributed by atoms with van der Waals surface area (Å²) in [5.41, 5.74) is 7.90. The molecule has 1 aromatic heterocycles. The lowest BCUT2D eigenvalue weighted by Crippen LogP contribution is -2.02. The minimum atomic E-state index is 0.659. The second-order valence-electron chi connectivity index (χ2n) is 4.00. The van der Waals surface area contributed by atoms with Crippen molar-refractivity contribution in [2.75, 3.05) is 6.54 Å². The molecule has 0 saturated carbocycles. The highest BCUT2D eigenvalue weighted by atomic mass is 32.2. The van der Waals surface area contributed by atoms with Crippen molar-refractivity contribution in [2.24, 2.45) is 5.73 Å². The summed E-state index contributed by atoms with van der Waals surface area (Å²) in [6.07, 6.45) is 2.74. The molecule has 1 heterocycles. The molecule has 0 unspecified atom stereocenters. The fraction of sp³-hybridized carbons (Fsp3) is 0.308. The number of aromatic amines is 1. The minimum absolute atomic E-state index is 0.659. The van der Waals surface area contributed by atoms with Crippen LogP contribution in [0.3, 0.4) is 0 Å². The number of thioether (sulfide) groups is 1. The Morgan fingerprint density at radius 1 is 1.29 bits per heavy atom. The van der Waals surface area contributed by atoms with E-state index in [-0.39, 0.29) is 0 Å². The summed E-state index contributed by atoms with van der Waals surface area (Å²) in [5, 5.41) is 0. The van der Waals surface area contributed by atoms with Crippen molar-refractivity contribution >= 4 is 11.8 Å². The number of imidazole rings is 1. The Bertz CT molecular complexity index is 462. The third-order valence-electron chi connectivity index (χ3n) is 2.49. The number of nitrogens with two attached hydrogens (primary N) is 1. The van der Waals surface area contributed by atoms with Gasteiger partial charge in [-0.3, -0.25) is 0 Å². The Hall–Kier alpha value is -1.26. The van der Waals surface area contributed by atoms with Gasteiger partial charge >= 0.3 is 0 Å². The lowest BCUT2D eigenvalue weighted by molar-refractivity contribution is 0.927. The van der Waals surface area contributed by atoms with E-state index in [4.69, 9.17) is 5.73 Å². The molecule has 17 heavy (non-hydrogen) atoms. The Kier molecular flexibility index (Phi) is 4.23. The molecule has 0 aliphatic heterocycles. The van der Waals surface area contributed by atoms with Gasteiger partial charge in [0.05, 0.1) is 5.75 Å². The number of H-pyrrole nitrogens is 1. The maximum Gasteiger partial charge on any atom is 0.116 e. The Balaban J connectivity index is 1.90. The van der Waals surface area contributed by atoms with E-state index in [0.29, 0.717) is 6.54 Å². The van der Waals surface area contributed by atoms with Crippen molar-refractivity contribution in [1.82, 2.24) is 9.97 Å². The van der Waals surface area contributed by atoms with E-state index >= 15 is 0 Å². The van der Waals surface area contributed by atoms with Crippen LogP contribution in [0.2, 0.25) is 0 Å². The molecule has 0 atom stereocenters. The molecule has 0 bridgehead atoms. The van der Waals surface area contributed by atoms with Crippen molar-refractivity contribution in [1.29, 1.82) is 0 Å². The topological polar surface area (TPSA) is 54.7 Å². The average Bonchev–Trinajstić information content (AvgIpc) is 2.77. The number of hydrogen-bond acceptors (Lipinski definition) is 3. The van der Waals surface area contributed by atoms with Crippen LogP contribution in [0.1, 0.15) is 17.1 Å². The second-order valence-corrected chi connectivity index (χ2v) is 5.04. The third-order valence-corrected chi connectivity index (χ3v) is 3.51. The van der Waals surface area contributed by atoms with Crippen molar-refractivity contribution < 1.29 is 0 Å². The zero-order valence-electron chi connectivity index (χ0n) is 9.94. The van der Waals surface area contributed by atoms with Gasteiger partial charge in [-0.25, -0.2) is 4.98 Å². The number of hydrogen-bond donors (Lipinski definition) is 2. The summed E-state index contributed by atoms with van der Waals surface area (Å²) in [6.45, 7) is 2.76. The molecule has 2 rings (SSSR count). The van der Waals surface area contributed by atoms with Crippen molar-refractivity contribution in [3.63, 3.8) is 0 Å². The first kappa shape index (κ1) is 12.2. The van der Waals surface area contributed by atoms with E-state index in [1.807, 2.05) is 6.20 Å². The van der Waals surface area contributed by atoms with E-state index in [1.54, 1.807) is 11.8 Å². The van der Waals surface area contributed by atoms with Crippen LogP contribution in [-0.4, -0.2) is 16.5 Å². The first-order valence-corrected chi connectivity index (χ1v) is 6.69. The van der Waals surface area contributed by atoms with Gasteiger partial charge in [0.25, 0.3) is 0 Å². The maximum absolute atomic E-state index is 5.50. The fourth-order valence-corrected chi connectivity index (χ4v) is 2.33. The predicted octanol–water partition coefficient (Wildman–Crippen LogP) is 2.51. The van der Waals surface area contributed by atoms with E-state index < -0.39 is 0 Å². The van der Waals surface area contributed by atoms with Crippen molar-refractivity contribution in [3.05, 3.63) is 47.5 Å². The fourth-order valence-electron chi connectivity index (χ4n) is 1.55. The van der Waals surface area contributed by atoms with Crippen LogP contribution in [0.4, 0.5) is 0 Å². The Morgan fingerprint density at radius 2 is 2.06 bits per heavy atom. The van der Waals surface area contributed by atoms with Crippen LogP contribution in [0, 0.1) is 6.92 Å². The predicted molar refractivity (Wildman–Crippen MR) is 72.1 cm³/mol. The number of aryl methyl sites for hydroxylation is 1. The molecule has 2 aromatic rings. The molecule has 0 fully saturated rings. The molecule has 3 nitrogen and oxygen atoms in total. The van der Waals surface area contributed by atoms with Gasteiger partial charge in [0.1, 0.15) is 5.82 Å². The number of nitrogens with one attached hydrogen (secondary N) is 1. The SMILES string of the molecule is Cc1ccc(SCc2ncc(CCN)[nH]2)cc1. The van der Waals surface area contributed by atoms with Gasteiger partial charge in [-0.1, -0.05) is 17.7 Å². The number of nitrogens with zero attached hydrogens (tertiary/aromatic N) is 1. The highest BCUT2D eigenvalue weighted by molar-refractivity contribution is 7.98. The van der Waals surface area contributed by atoms with E-state index in [9.17, 15) is 0 Å². The standard InChI is InChI=1S/C13H17N3S/c1-10-2-4-12(5-3-10)17-9-13-15-8-11(16-13)6-7-14/h2-5,8H,6-7,9,14H2,1H3,(H,15,16). The molecule has 0 aliphatic carbocycles. The quantitative estimate of drug-likeness (QED) is 0.798. The summed E-state index contributed by atoms with van der Waals surface area (Å²) in [6, 6.07) is 8.54. The van der Waals surface area contributed by atoms with Crippen molar-refractivity contribution in [3.8, 4) is 0 Å². The third kappa shape index (κ3) is 3.61. The Morgan fingerprint density at radius 3 is 2.76 bits per heavy atom. The van der Waals surface area contributed by atoms with Gasteiger partial charge in [0, 0.05) is 23.2 Å². The first-order valence-electron chi connectivity index (χ1n) is 5.70. The molecule has 0 amide bonds. The van der Waals surface area contributed by atoms with Crippen LogP contribution in [0.25, 0.3) is 0 Å². The van der Waals surface area contributed by atoms with Crippen LogP contribution < -0.4 is 5.73 Å². The lowest BCUT2D eigenvalue weighted by Gasteiger charge is -2.00. The van der Waals surface area contributed by atoms with Gasteiger partial charge in [-0.15, -0.1) is 11.8 Å². The number of aromatic nitrogens is 2. The van der Waals surface area contributed by atoms with E-state index in [1.165, 1.54) is 10.5 Å². The monoisotopic (exact) mass is 247 g/mol. The average molecular weight is 247 g/mol. The molecule has 0 aliphatic rings. The van der Waals surface area contributed by atoms with E-state index in [2.05, 4.69) is 41.2 Å². The van der Waals surface area contributed by atoms with E-state index in [0.717, 1.165) is 23.7 Å². The zero-order chi connectivity index (χ0) is 12.1. The summed E-state index contributed by atoms with van der Waals surface area (Å²) < 4.78 is 0. The van der Waals surface area contributed by atoms with Gasteiger partial charge in [-0.05, 0) is 25.6 Å². The van der Waals surface area contributed by atoms with Crippen LogP contribution >= 0.6 is 11.8 Å². The normalized spacial score (nSPS) is 10.7. The summed E-state index contributed by atoms with van der Waals surface area (Å²) in [7, 11) is 0. The summed E-state index contributed by atoms with van der Waals surface area (Å²) in [4.78, 5) is 8.89. The van der Waals surface area contributed by atoms with Gasteiger partial charge < -0.3 is 10.7 Å². The highest BCUT2D eigenvalue weighted by Gasteiger charge is 2.01. The zero-order valence-corrected chi connectivity index (χ0v) is 10.8. The maximum atomic E-state index is 5.50. The van der Waals surface area contributed by atoms with Crippen LogP contribution in [0.15, 0.2) is 35.4 Å². The molecule has 3 N–H and O–H groups in total. The molecule has 1 aromatic carbocycles. The second kappa shape index (κ2) is 5.89. The molecule has 0 saturated heterocycles. The molecular weight excluding hydrogens is 230 g/mol. The van der Waals surface area contributed by atoms with Gasteiger partial charge in [0.2, 0.25) is 0 Å². The molecule has 90 valence electrons. The van der Waals surface area contributed by atoms with Crippen LogP contribution in [0.5, 0.6) is 0 Å². The summed E-state index contributed by atoms with van der Waals surface area (Å²) in [5.74, 6) is 1.88. The first-order chi connectivity index (χ1) is 8.28.